The Labute approximate surface area is 113 Å². The minimum atomic E-state index is -0.313. The topological polar surface area (TPSA) is 73.6 Å². The van der Waals surface area contributed by atoms with Crippen molar-refractivity contribution in [3.8, 4) is 6.07 Å². The van der Waals surface area contributed by atoms with Gasteiger partial charge in [0.25, 0.3) is 0 Å². The Morgan fingerprint density at radius 1 is 1.47 bits per heavy atom. The Morgan fingerprint density at radius 3 is 2.84 bits per heavy atom. The van der Waals surface area contributed by atoms with Gasteiger partial charge in [0, 0.05) is 13.6 Å². The highest BCUT2D eigenvalue weighted by Gasteiger charge is 2.31. The molecule has 1 amide bonds. The number of rotatable bonds is 5. The van der Waals surface area contributed by atoms with Gasteiger partial charge in [0.2, 0.25) is 5.91 Å². The van der Waals surface area contributed by atoms with Crippen LogP contribution < -0.4 is 0 Å². The zero-order valence-electron chi connectivity index (χ0n) is 11.6. The summed E-state index contributed by atoms with van der Waals surface area (Å²) in [7, 11) is 3.05. The Kier molecular flexibility index (Phi) is 6.30. The molecule has 0 aliphatic carbocycles. The first-order chi connectivity index (χ1) is 9.10. The van der Waals surface area contributed by atoms with E-state index in [2.05, 4.69) is 0 Å². The summed E-state index contributed by atoms with van der Waals surface area (Å²) in [5.41, 5.74) is 0. The van der Waals surface area contributed by atoms with Crippen molar-refractivity contribution in [3.63, 3.8) is 0 Å². The zero-order valence-corrected chi connectivity index (χ0v) is 11.6. The van der Waals surface area contributed by atoms with Gasteiger partial charge in [-0.05, 0) is 19.4 Å². The van der Waals surface area contributed by atoms with Crippen molar-refractivity contribution in [1.29, 1.82) is 5.26 Å². The average molecular weight is 267 g/mol. The molecular formula is C13H21N3O3. The fourth-order valence-electron chi connectivity index (χ4n) is 2.22. The van der Waals surface area contributed by atoms with Crippen LogP contribution in [0.3, 0.4) is 0 Å². The van der Waals surface area contributed by atoms with Crippen LogP contribution in [0.1, 0.15) is 25.7 Å². The van der Waals surface area contributed by atoms with Crippen molar-refractivity contribution >= 4 is 11.9 Å². The molecular weight excluding hydrogens is 246 g/mol. The number of hydrogen-bond acceptors (Lipinski definition) is 5. The van der Waals surface area contributed by atoms with Crippen LogP contribution in [0.2, 0.25) is 0 Å². The lowest BCUT2D eigenvalue weighted by molar-refractivity contribution is -0.149. The molecule has 6 heteroatoms. The van der Waals surface area contributed by atoms with E-state index >= 15 is 0 Å². The van der Waals surface area contributed by atoms with Gasteiger partial charge in [-0.25, -0.2) is 0 Å². The molecule has 1 aliphatic rings. The van der Waals surface area contributed by atoms with E-state index in [1.54, 1.807) is 7.05 Å². The number of hydrogen-bond donors (Lipinski definition) is 0. The first-order valence-electron chi connectivity index (χ1n) is 6.53. The van der Waals surface area contributed by atoms with E-state index in [0.717, 1.165) is 25.8 Å². The van der Waals surface area contributed by atoms with Crippen LogP contribution in [0.4, 0.5) is 0 Å². The van der Waals surface area contributed by atoms with E-state index in [4.69, 9.17) is 10.00 Å². The molecule has 1 fully saturated rings. The van der Waals surface area contributed by atoms with E-state index in [-0.39, 0.29) is 24.5 Å². The molecule has 0 N–H and O–H groups in total. The summed E-state index contributed by atoms with van der Waals surface area (Å²) < 4.78 is 4.78. The molecule has 1 aliphatic heterocycles. The van der Waals surface area contributed by atoms with Crippen LogP contribution in [-0.4, -0.2) is 61.5 Å². The lowest BCUT2D eigenvalue weighted by Gasteiger charge is -2.34. The number of nitrogens with zero attached hydrogens (tertiary/aromatic N) is 3. The summed E-state index contributed by atoms with van der Waals surface area (Å²) in [5.74, 6) is -0.335. The predicted octanol–water partition coefficient (Wildman–Crippen LogP) is 0.386. The number of likely N-dealkylation sites (tertiary alicyclic amines) is 1. The van der Waals surface area contributed by atoms with E-state index in [0.29, 0.717) is 13.0 Å². The molecule has 0 saturated carbocycles. The van der Waals surface area contributed by atoms with Gasteiger partial charge in [-0.2, -0.15) is 5.26 Å². The molecule has 19 heavy (non-hydrogen) atoms. The number of likely N-dealkylation sites (N-methyl/N-ethyl adjacent to an activating group) is 1. The average Bonchev–Trinajstić information content (AvgIpc) is 2.44. The zero-order chi connectivity index (χ0) is 14.3. The number of carbonyl (C=O) groups is 2. The second-order valence-corrected chi connectivity index (χ2v) is 4.73. The van der Waals surface area contributed by atoms with Gasteiger partial charge in [0.1, 0.15) is 6.04 Å². The van der Waals surface area contributed by atoms with E-state index in [1.165, 1.54) is 12.0 Å². The van der Waals surface area contributed by atoms with Gasteiger partial charge in [-0.3, -0.25) is 14.5 Å². The van der Waals surface area contributed by atoms with Crippen molar-refractivity contribution in [2.75, 3.05) is 33.8 Å². The lowest BCUT2D eigenvalue weighted by atomic mass is 10.0. The fourth-order valence-corrected chi connectivity index (χ4v) is 2.22. The molecule has 0 spiro atoms. The third kappa shape index (κ3) is 4.52. The van der Waals surface area contributed by atoms with Crippen molar-refractivity contribution in [3.05, 3.63) is 0 Å². The summed E-state index contributed by atoms with van der Waals surface area (Å²) in [6, 6.07) is 1.70. The molecule has 1 unspecified atom stereocenters. The maximum Gasteiger partial charge on any atom is 0.323 e. The van der Waals surface area contributed by atoms with Crippen LogP contribution >= 0.6 is 0 Å². The maximum absolute atomic E-state index is 12.0. The fraction of sp³-hybridized carbons (Fsp3) is 0.769. The van der Waals surface area contributed by atoms with Crippen LogP contribution in [-0.2, 0) is 14.3 Å². The van der Waals surface area contributed by atoms with Gasteiger partial charge in [0.15, 0.2) is 0 Å². The van der Waals surface area contributed by atoms with E-state index in [9.17, 15) is 9.59 Å². The second-order valence-electron chi connectivity index (χ2n) is 4.73. The Balaban J connectivity index is 2.55. The normalized spacial score (nSPS) is 19.5. The van der Waals surface area contributed by atoms with Gasteiger partial charge in [-0.1, -0.05) is 6.42 Å². The van der Waals surface area contributed by atoms with Crippen LogP contribution in [0.5, 0.6) is 0 Å². The summed E-state index contributed by atoms with van der Waals surface area (Å²) in [4.78, 5) is 27.1. The quantitative estimate of drug-likeness (QED) is 0.673. The number of carbonyl (C=O) groups excluding carboxylic acids is 2. The molecule has 6 nitrogen and oxygen atoms in total. The minimum absolute atomic E-state index is 0.0638. The summed E-state index contributed by atoms with van der Waals surface area (Å²) >= 11 is 0. The summed E-state index contributed by atoms with van der Waals surface area (Å²) in [6.07, 6.45) is 3.03. The lowest BCUT2D eigenvalue weighted by Crippen LogP contribution is -2.49. The molecule has 1 rings (SSSR count). The highest BCUT2D eigenvalue weighted by Crippen LogP contribution is 2.18. The molecule has 106 valence electrons. The molecule has 0 bridgehead atoms. The smallest absolute Gasteiger partial charge is 0.323 e. The van der Waals surface area contributed by atoms with E-state index < -0.39 is 0 Å². The van der Waals surface area contributed by atoms with Gasteiger partial charge in [-0.15, -0.1) is 0 Å². The number of methoxy groups -OCH3 is 1. The molecule has 0 radical (unpaired) electrons. The molecule has 1 saturated heterocycles. The van der Waals surface area contributed by atoms with Gasteiger partial charge in [0.05, 0.1) is 26.1 Å². The first-order valence-corrected chi connectivity index (χ1v) is 6.53. The maximum atomic E-state index is 12.0. The Bertz CT molecular complexity index is 365. The third-order valence-electron chi connectivity index (χ3n) is 3.41. The largest absolute Gasteiger partial charge is 0.468 e. The first kappa shape index (κ1) is 15.4. The predicted molar refractivity (Wildman–Crippen MR) is 69.1 cm³/mol. The van der Waals surface area contributed by atoms with Gasteiger partial charge < -0.3 is 9.64 Å². The molecule has 1 heterocycles. The van der Waals surface area contributed by atoms with Crippen molar-refractivity contribution in [2.45, 2.75) is 31.7 Å². The van der Waals surface area contributed by atoms with Gasteiger partial charge >= 0.3 is 5.97 Å². The van der Waals surface area contributed by atoms with Crippen LogP contribution in [0, 0.1) is 11.3 Å². The highest BCUT2D eigenvalue weighted by atomic mass is 16.5. The summed E-state index contributed by atoms with van der Waals surface area (Å²) in [6.45, 7) is 1.37. The minimum Gasteiger partial charge on any atom is -0.468 e. The molecule has 0 aromatic heterocycles. The van der Waals surface area contributed by atoms with Crippen molar-refractivity contribution < 1.29 is 14.3 Å². The number of ether oxygens (including phenoxy) is 1. The Morgan fingerprint density at radius 2 is 2.21 bits per heavy atom. The van der Waals surface area contributed by atoms with Crippen LogP contribution in [0.15, 0.2) is 0 Å². The highest BCUT2D eigenvalue weighted by molar-refractivity contribution is 5.80. The van der Waals surface area contributed by atoms with Crippen LogP contribution in [0.25, 0.3) is 0 Å². The summed E-state index contributed by atoms with van der Waals surface area (Å²) in [5, 5.41) is 8.51. The Hall–Kier alpha value is -1.61. The number of amides is 1. The van der Waals surface area contributed by atoms with Crippen molar-refractivity contribution in [2.24, 2.45) is 0 Å². The van der Waals surface area contributed by atoms with Crippen molar-refractivity contribution in [1.82, 2.24) is 9.80 Å². The molecule has 0 aromatic rings. The second kappa shape index (κ2) is 7.74. The number of esters is 1. The van der Waals surface area contributed by atoms with E-state index in [1.807, 2.05) is 11.0 Å². The number of piperidine rings is 1. The monoisotopic (exact) mass is 267 g/mol. The number of nitriles is 1. The molecule has 0 aromatic carbocycles. The third-order valence-corrected chi connectivity index (χ3v) is 3.41. The standard InChI is InChI=1S/C13H21N3O3/c1-15(8-5-7-14)12(17)10-16-9-4-3-6-11(16)13(18)19-2/h11H,3-6,8-10H2,1-2H3. The SMILES string of the molecule is COC(=O)C1CCCCN1CC(=O)N(C)CCC#N. The molecule has 1 atom stereocenters.